The van der Waals surface area contributed by atoms with E-state index in [-0.39, 0.29) is 33.0 Å². The Morgan fingerprint density at radius 2 is 1.83 bits per heavy atom. The highest BCUT2D eigenvalue weighted by Gasteiger charge is 2.21. The maximum atomic E-state index is 13.4. The Morgan fingerprint density at radius 3 is 2.53 bits per heavy atom. The molecule has 0 fully saturated rings. The summed E-state index contributed by atoms with van der Waals surface area (Å²) in [5.41, 5.74) is 0.376. The van der Waals surface area contributed by atoms with Gasteiger partial charge in [0.05, 0.1) is 9.92 Å². The first-order valence-electron chi connectivity index (χ1n) is 8.43. The van der Waals surface area contributed by atoms with Gasteiger partial charge >= 0.3 is 0 Å². The standard InChI is InChI=1S/C19H16ClFN2O5S2/c1-29(24,25)16-7-8-17(20)18(11-16)30(26,27)23-12-13-4-3-9-22-19(13)28-15-6-2-5-14(21)10-15/h2-11,23H,12H2,1H3. The first kappa shape index (κ1) is 22.2. The number of hydrogen-bond donors (Lipinski definition) is 1. The number of rotatable bonds is 7. The van der Waals surface area contributed by atoms with Crippen molar-refractivity contribution in [3.05, 3.63) is 77.2 Å². The van der Waals surface area contributed by atoms with Gasteiger partial charge in [-0.05, 0) is 36.4 Å². The van der Waals surface area contributed by atoms with Crippen molar-refractivity contribution in [3.8, 4) is 11.6 Å². The smallest absolute Gasteiger partial charge is 0.242 e. The van der Waals surface area contributed by atoms with E-state index in [1.807, 2.05) is 0 Å². The van der Waals surface area contributed by atoms with E-state index in [4.69, 9.17) is 16.3 Å². The second-order valence-electron chi connectivity index (χ2n) is 6.22. The Balaban J connectivity index is 1.85. The van der Waals surface area contributed by atoms with Crippen LogP contribution in [-0.4, -0.2) is 28.1 Å². The van der Waals surface area contributed by atoms with E-state index in [1.54, 1.807) is 12.1 Å². The lowest BCUT2D eigenvalue weighted by molar-refractivity contribution is 0.451. The number of aromatic nitrogens is 1. The van der Waals surface area contributed by atoms with Gasteiger partial charge in [0.1, 0.15) is 16.5 Å². The molecule has 3 aromatic rings. The molecule has 2 aromatic carbocycles. The van der Waals surface area contributed by atoms with E-state index in [1.165, 1.54) is 42.6 Å². The molecule has 3 rings (SSSR count). The lowest BCUT2D eigenvalue weighted by Crippen LogP contribution is -2.24. The average molecular weight is 471 g/mol. The number of sulfonamides is 1. The van der Waals surface area contributed by atoms with Crippen molar-refractivity contribution in [1.29, 1.82) is 0 Å². The van der Waals surface area contributed by atoms with Gasteiger partial charge in [-0.15, -0.1) is 0 Å². The van der Waals surface area contributed by atoms with Crippen molar-refractivity contribution < 1.29 is 26.0 Å². The maximum absolute atomic E-state index is 13.4. The molecule has 0 radical (unpaired) electrons. The Morgan fingerprint density at radius 1 is 1.07 bits per heavy atom. The molecule has 0 saturated heterocycles. The topological polar surface area (TPSA) is 102 Å². The van der Waals surface area contributed by atoms with E-state index in [9.17, 15) is 21.2 Å². The minimum Gasteiger partial charge on any atom is -0.439 e. The molecule has 1 N–H and O–H groups in total. The SMILES string of the molecule is CS(=O)(=O)c1ccc(Cl)c(S(=O)(=O)NCc2cccnc2Oc2cccc(F)c2)c1. The molecule has 0 aliphatic carbocycles. The summed E-state index contributed by atoms with van der Waals surface area (Å²) >= 11 is 5.98. The van der Waals surface area contributed by atoms with Crippen LogP contribution >= 0.6 is 11.6 Å². The van der Waals surface area contributed by atoms with Gasteiger partial charge in [-0.25, -0.2) is 30.9 Å². The summed E-state index contributed by atoms with van der Waals surface area (Å²) in [5.74, 6) is -0.213. The number of nitrogens with one attached hydrogen (secondary N) is 1. The number of nitrogens with zero attached hydrogens (tertiary/aromatic N) is 1. The first-order valence-corrected chi connectivity index (χ1v) is 12.2. The zero-order chi connectivity index (χ0) is 21.9. The zero-order valence-electron chi connectivity index (χ0n) is 15.5. The summed E-state index contributed by atoms with van der Waals surface area (Å²) in [6, 6.07) is 12.0. The van der Waals surface area contributed by atoms with Crippen LogP contribution in [0, 0.1) is 5.82 Å². The highest BCUT2D eigenvalue weighted by Crippen LogP contribution is 2.26. The van der Waals surface area contributed by atoms with Gasteiger partial charge in [-0.1, -0.05) is 23.7 Å². The molecule has 0 amide bonds. The molecule has 1 heterocycles. The maximum Gasteiger partial charge on any atom is 0.242 e. The van der Waals surface area contributed by atoms with Crippen LogP contribution in [0.1, 0.15) is 5.56 Å². The molecule has 158 valence electrons. The van der Waals surface area contributed by atoms with E-state index < -0.39 is 25.7 Å². The summed E-state index contributed by atoms with van der Waals surface area (Å²) in [7, 11) is -7.78. The fourth-order valence-corrected chi connectivity index (χ4v) is 4.72. The van der Waals surface area contributed by atoms with Crippen molar-refractivity contribution in [2.75, 3.05) is 6.26 Å². The molecule has 30 heavy (non-hydrogen) atoms. The predicted molar refractivity (Wildman–Crippen MR) is 109 cm³/mol. The molecule has 1 aromatic heterocycles. The molecule has 0 aliphatic rings. The summed E-state index contributed by atoms with van der Waals surface area (Å²) < 4.78 is 70.2. The molecule has 0 atom stereocenters. The van der Waals surface area contributed by atoms with Gasteiger partial charge in [0, 0.05) is 30.6 Å². The van der Waals surface area contributed by atoms with Gasteiger partial charge in [0.2, 0.25) is 15.9 Å². The fourth-order valence-electron chi connectivity index (χ4n) is 2.46. The number of sulfone groups is 1. The van der Waals surface area contributed by atoms with Crippen LogP contribution in [0.3, 0.4) is 0 Å². The Kier molecular flexibility index (Phi) is 6.41. The molecule has 0 bridgehead atoms. The summed E-state index contributed by atoms with van der Waals surface area (Å²) in [5, 5.41) is -0.127. The van der Waals surface area contributed by atoms with Gasteiger partial charge in [0.15, 0.2) is 9.84 Å². The van der Waals surface area contributed by atoms with Crippen LogP contribution in [0.4, 0.5) is 4.39 Å². The number of benzene rings is 2. The van der Waals surface area contributed by atoms with Crippen LogP contribution in [-0.2, 0) is 26.4 Å². The molecular formula is C19H16ClFN2O5S2. The van der Waals surface area contributed by atoms with Crippen molar-refractivity contribution in [2.24, 2.45) is 0 Å². The van der Waals surface area contributed by atoms with E-state index in [0.717, 1.165) is 12.3 Å². The third-order valence-electron chi connectivity index (χ3n) is 3.93. The number of ether oxygens (including phenoxy) is 1. The second kappa shape index (κ2) is 8.68. The van der Waals surface area contributed by atoms with Crippen LogP contribution < -0.4 is 9.46 Å². The summed E-state index contributed by atoms with van der Waals surface area (Å²) in [6.45, 7) is -0.222. The van der Waals surface area contributed by atoms with Crippen LogP contribution in [0.25, 0.3) is 0 Å². The van der Waals surface area contributed by atoms with Crippen LogP contribution in [0.2, 0.25) is 5.02 Å². The monoisotopic (exact) mass is 470 g/mol. The first-order chi connectivity index (χ1) is 14.1. The Labute approximate surface area is 178 Å². The largest absolute Gasteiger partial charge is 0.439 e. The molecule has 0 aliphatic heterocycles. The molecule has 0 saturated carbocycles. The third kappa shape index (κ3) is 5.33. The second-order valence-corrected chi connectivity index (χ2v) is 10.4. The lowest BCUT2D eigenvalue weighted by atomic mass is 10.3. The fraction of sp³-hybridized carbons (Fsp3) is 0.105. The lowest BCUT2D eigenvalue weighted by Gasteiger charge is -2.12. The van der Waals surface area contributed by atoms with Gasteiger partial charge in [0.25, 0.3) is 0 Å². The van der Waals surface area contributed by atoms with Crippen molar-refractivity contribution >= 4 is 31.5 Å². The van der Waals surface area contributed by atoms with Crippen LogP contribution in [0.5, 0.6) is 11.6 Å². The third-order valence-corrected chi connectivity index (χ3v) is 6.93. The summed E-state index contributed by atoms with van der Waals surface area (Å²) in [6.07, 6.45) is 2.41. The number of halogens is 2. The Bertz CT molecular complexity index is 1300. The van der Waals surface area contributed by atoms with Crippen molar-refractivity contribution in [2.45, 2.75) is 16.3 Å². The minimum absolute atomic E-state index is 0.0850. The normalized spacial score (nSPS) is 12.0. The number of hydrogen-bond acceptors (Lipinski definition) is 6. The van der Waals surface area contributed by atoms with Gasteiger partial charge < -0.3 is 4.74 Å². The predicted octanol–water partition coefficient (Wildman–Crippen LogP) is 3.55. The van der Waals surface area contributed by atoms with E-state index in [0.29, 0.717) is 5.56 Å². The minimum atomic E-state index is -4.16. The molecule has 7 nitrogen and oxygen atoms in total. The molecule has 11 heteroatoms. The Hall–Kier alpha value is -2.53. The van der Waals surface area contributed by atoms with Crippen molar-refractivity contribution in [1.82, 2.24) is 9.71 Å². The number of pyridine rings is 1. The highest BCUT2D eigenvalue weighted by atomic mass is 35.5. The molecule has 0 spiro atoms. The van der Waals surface area contributed by atoms with Crippen molar-refractivity contribution in [3.63, 3.8) is 0 Å². The average Bonchev–Trinajstić information content (AvgIpc) is 2.67. The highest BCUT2D eigenvalue weighted by molar-refractivity contribution is 7.91. The summed E-state index contributed by atoms with van der Waals surface area (Å²) in [4.78, 5) is 3.51. The van der Waals surface area contributed by atoms with Crippen LogP contribution in [0.15, 0.2) is 70.6 Å². The van der Waals surface area contributed by atoms with E-state index >= 15 is 0 Å². The van der Waals surface area contributed by atoms with E-state index in [2.05, 4.69) is 9.71 Å². The van der Waals surface area contributed by atoms with Gasteiger partial charge in [-0.2, -0.15) is 0 Å². The molecule has 0 unspecified atom stereocenters. The van der Waals surface area contributed by atoms with Gasteiger partial charge in [-0.3, -0.25) is 0 Å². The quantitative estimate of drug-likeness (QED) is 0.566. The molecular weight excluding hydrogens is 455 g/mol. The zero-order valence-corrected chi connectivity index (χ0v) is 17.9.